The van der Waals surface area contributed by atoms with Crippen molar-refractivity contribution in [2.45, 2.75) is 26.2 Å². The monoisotopic (exact) mass is 324 g/mol. The molecule has 3 aromatic rings. The molecule has 3 rings (SSSR count). The van der Waals surface area contributed by atoms with Gasteiger partial charge in [-0.1, -0.05) is 36.4 Å². The second kappa shape index (κ2) is 7.38. The lowest BCUT2D eigenvalue weighted by molar-refractivity contribution is -0.120. The predicted molar refractivity (Wildman–Crippen MR) is 95.8 cm³/mol. The first-order valence-electron chi connectivity index (χ1n) is 7.88. The van der Waals surface area contributed by atoms with E-state index in [1.54, 1.807) is 11.3 Å². The molecule has 0 bridgehead atoms. The van der Waals surface area contributed by atoms with Crippen molar-refractivity contribution in [1.29, 1.82) is 0 Å². The van der Waals surface area contributed by atoms with Gasteiger partial charge in [0.2, 0.25) is 5.91 Å². The van der Waals surface area contributed by atoms with Crippen LogP contribution < -0.4 is 5.32 Å². The van der Waals surface area contributed by atoms with Crippen LogP contribution in [0.1, 0.15) is 22.6 Å². The second-order valence-corrected chi connectivity index (χ2v) is 6.75. The Morgan fingerprint density at radius 2 is 1.91 bits per heavy atom. The van der Waals surface area contributed by atoms with E-state index in [4.69, 9.17) is 0 Å². The molecule has 3 nitrogen and oxygen atoms in total. The van der Waals surface area contributed by atoms with Gasteiger partial charge in [0.1, 0.15) is 0 Å². The molecule has 0 aliphatic heterocycles. The molecule has 118 valence electrons. The molecule has 0 spiro atoms. The number of carbonyl (C=O) groups excluding carboxylic acids is 1. The van der Waals surface area contributed by atoms with E-state index in [1.165, 1.54) is 4.70 Å². The summed E-state index contributed by atoms with van der Waals surface area (Å²) >= 11 is 1.74. The van der Waals surface area contributed by atoms with Gasteiger partial charge in [-0.15, -0.1) is 11.3 Å². The van der Waals surface area contributed by atoms with E-state index in [2.05, 4.69) is 16.4 Å². The number of thiazole rings is 1. The molecule has 4 heteroatoms. The van der Waals surface area contributed by atoms with Crippen LogP contribution in [-0.4, -0.2) is 17.4 Å². The summed E-state index contributed by atoms with van der Waals surface area (Å²) in [7, 11) is 0. The maximum atomic E-state index is 12.0. The van der Waals surface area contributed by atoms with E-state index in [0.29, 0.717) is 13.0 Å². The average molecular weight is 324 g/mol. The summed E-state index contributed by atoms with van der Waals surface area (Å²) in [6.45, 7) is 2.73. The lowest BCUT2D eigenvalue weighted by Crippen LogP contribution is -2.26. The van der Waals surface area contributed by atoms with Crippen LogP contribution >= 0.6 is 11.3 Å². The van der Waals surface area contributed by atoms with E-state index in [9.17, 15) is 4.79 Å². The number of nitrogens with one attached hydrogen (secondary N) is 1. The summed E-state index contributed by atoms with van der Waals surface area (Å²) in [5.41, 5.74) is 3.32. The van der Waals surface area contributed by atoms with Crippen molar-refractivity contribution in [3.05, 3.63) is 64.7 Å². The standard InChI is InChI=1S/C19H20N2OS/c1-14-7-2-3-8-15(14)13-18(22)20-12-6-11-19-21-16-9-4-5-10-17(16)23-19/h2-5,7-10H,6,11-13H2,1H3,(H,20,22). The zero-order valence-corrected chi connectivity index (χ0v) is 14.0. The lowest BCUT2D eigenvalue weighted by Gasteiger charge is -2.06. The molecule has 1 aromatic heterocycles. The normalized spacial score (nSPS) is 10.8. The topological polar surface area (TPSA) is 42.0 Å². The van der Waals surface area contributed by atoms with Gasteiger partial charge in [-0.25, -0.2) is 4.98 Å². The van der Waals surface area contributed by atoms with Crippen LogP contribution in [0.4, 0.5) is 0 Å². The molecule has 0 fully saturated rings. The minimum absolute atomic E-state index is 0.0867. The number of amides is 1. The number of rotatable bonds is 6. The Bertz CT molecular complexity index is 777. The highest BCUT2D eigenvalue weighted by molar-refractivity contribution is 7.18. The Kier molecular flexibility index (Phi) is 5.03. The van der Waals surface area contributed by atoms with E-state index >= 15 is 0 Å². The second-order valence-electron chi connectivity index (χ2n) is 5.63. The molecule has 2 aromatic carbocycles. The minimum atomic E-state index is 0.0867. The minimum Gasteiger partial charge on any atom is -0.356 e. The van der Waals surface area contributed by atoms with Crippen LogP contribution in [0.3, 0.4) is 0 Å². The van der Waals surface area contributed by atoms with E-state index < -0.39 is 0 Å². The van der Waals surface area contributed by atoms with Crippen molar-refractivity contribution in [2.24, 2.45) is 0 Å². The van der Waals surface area contributed by atoms with E-state index in [1.807, 2.05) is 49.4 Å². The van der Waals surface area contributed by atoms with Crippen LogP contribution in [0.5, 0.6) is 0 Å². The summed E-state index contributed by atoms with van der Waals surface area (Å²) in [4.78, 5) is 16.6. The third-order valence-corrected chi connectivity index (χ3v) is 4.94. The van der Waals surface area contributed by atoms with Crippen molar-refractivity contribution in [1.82, 2.24) is 10.3 Å². The predicted octanol–water partition coefficient (Wildman–Crippen LogP) is 3.90. The fourth-order valence-electron chi connectivity index (χ4n) is 2.54. The number of hydrogen-bond donors (Lipinski definition) is 1. The van der Waals surface area contributed by atoms with Gasteiger partial charge < -0.3 is 5.32 Å². The Labute approximate surface area is 140 Å². The summed E-state index contributed by atoms with van der Waals surface area (Å²) in [6, 6.07) is 16.2. The zero-order chi connectivity index (χ0) is 16.1. The highest BCUT2D eigenvalue weighted by atomic mass is 32.1. The van der Waals surface area contributed by atoms with Crippen LogP contribution in [0, 0.1) is 6.92 Å². The maximum Gasteiger partial charge on any atom is 0.224 e. The number of carbonyl (C=O) groups is 1. The van der Waals surface area contributed by atoms with Gasteiger partial charge in [0, 0.05) is 13.0 Å². The molecule has 0 aliphatic carbocycles. The van der Waals surface area contributed by atoms with Crippen molar-refractivity contribution >= 4 is 27.5 Å². The third-order valence-electron chi connectivity index (χ3n) is 3.84. The highest BCUT2D eigenvalue weighted by Gasteiger charge is 2.06. The summed E-state index contributed by atoms with van der Waals surface area (Å²) < 4.78 is 1.23. The smallest absolute Gasteiger partial charge is 0.224 e. The number of aryl methyl sites for hydroxylation is 2. The van der Waals surface area contributed by atoms with Crippen LogP contribution in [0.15, 0.2) is 48.5 Å². The van der Waals surface area contributed by atoms with Crippen LogP contribution in [-0.2, 0) is 17.6 Å². The molecule has 0 radical (unpaired) electrons. The van der Waals surface area contributed by atoms with Crippen molar-refractivity contribution in [2.75, 3.05) is 6.54 Å². The maximum absolute atomic E-state index is 12.0. The molecular weight excluding hydrogens is 304 g/mol. The van der Waals surface area contributed by atoms with Gasteiger partial charge in [0.15, 0.2) is 0 Å². The molecular formula is C19H20N2OS. The van der Waals surface area contributed by atoms with Gasteiger partial charge >= 0.3 is 0 Å². The highest BCUT2D eigenvalue weighted by Crippen LogP contribution is 2.22. The molecule has 0 unspecified atom stereocenters. The van der Waals surface area contributed by atoms with Crippen molar-refractivity contribution < 1.29 is 4.79 Å². The first-order chi connectivity index (χ1) is 11.2. The number of hydrogen-bond acceptors (Lipinski definition) is 3. The fraction of sp³-hybridized carbons (Fsp3) is 0.263. The first-order valence-corrected chi connectivity index (χ1v) is 8.69. The van der Waals surface area contributed by atoms with Gasteiger partial charge in [0.05, 0.1) is 21.6 Å². The summed E-state index contributed by atoms with van der Waals surface area (Å²) in [6.07, 6.45) is 2.27. The molecule has 0 atom stereocenters. The average Bonchev–Trinajstić information content (AvgIpc) is 2.96. The number of nitrogens with zero attached hydrogens (tertiary/aromatic N) is 1. The van der Waals surface area contributed by atoms with Gasteiger partial charge in [0.25, 0.3) is 0 Å². The zero-order valence-electron chi connectivity index (χ0n) is 13.2. The number of fused-ring (bicyclic) bond motifs is 1. The Morgan fingerprint density at radius 1 is 1.13 bits per heavy atom. The van der Waals surface area contributed by atoms with E-state index in [0.717, 1.165) is 34.5 Å². The SMILES string of the molecule is Cc1ccccc1CC(=O)NCCCc1nc2ccccc2s1. The molecule has 0 aliphatic rings. The number of benzene rings is 2. The Balaban J connectivity index is 1.44. The molecule has 0 saturated carbocycles. The molecule has 1 amide bonds. The lowest BCUT2D eigenvalue weighted by atomic mass is 10.1. The fourth-order valence-corrected chi connectivity index (χ4v) is 3.55. The number of aromatic nitrogens is 1. The summed E-state index contributed by atoms with van der Waals surface area (Å²) in [5.74, 6) is 0.0867. The molecule has 1 N–H and O–H groups in total. The quantitative estimate of drug-likeness (QED) is 0.699. The largest absolute Gasteiger partial charge is 0.356 e. The van der Waals surface area contributed by atoms with Crippen molar-refractivity contribution in [3.8, 4) is 0 Å². The Morgan fingerprint density at radius 3 is 2.74 bits per heavy atom. The van der Waals surface area contributed by atoms with E-state index in [-0.39, 0.29) is 5.91 Å². The third kappa shape index (κ3) is 4.17. The van der Waals surface area contributed by atoms with Crippen LogP contribution in [0.2, 0.25) is 0 Å². The summed E-state index contributed by atoms with van der Waals surface area (Å²) in [5, 5.41) is 4.14. The first kappa shape index (κ1) is 15.7. The van der Waals surface area contributed by atoms with Gasteiger partial charge in [-0.2, -0.15) is 0 Å². The van der Waals surface area contributed by atoms with Crippen LogP contribution in [0.25, 0.3) is 10.2 Å². The Hall–Kier alpha value is -2.20. The van der Waals surface area contributed by atoms with Crippen molar-refractivity contribution in [3.63, 3.8) is 0 Å². The number of para-hydroxylation sites is 1. The van der Waals surface area contributed by atoms with Gasteiger partial charge in [-0.05, 0) is 36.6 Å². The van der Waals surface area contributed by atoms with Gasteiger partial charge in [-0.3, -0.25) is 4.79 Å². The molecule has 1 heterocycles. The molecule has 0 saturated heterocycles. The molecule has 23 heavy (non-hydrogen) atoms.